The van der Waals surface area contributed by atoms with Gasteiger partial charge in [-0.1, -0.05) is 30.3 Å². The van der Waals surface area contributed by atoms with Crippen LogP contribution in [0.2, 0.25) is 0 Å². The van der Waals surface area contributed by atoms with Crippen molar-refractivity contribution >= 4 is 17.0 Å². The molecule has 1 saturated heterocycles. The molecule has 2 heterocycles. The molecule has 1 aliphatic rings. The Hall–Kier alpha value is -3.45. The molecular formula is C26H31N5O4. The van der Waals surface area contributed by atoms with Crippen LogP contribution >= 0.6 is 0 Å². The van der Waals surface area contributed by atoms with Crippen molar-refractivity contribution in [2.24, 2.45) is 5.73 Å². The maximum Gasteiger partial charge on any atom is 0.419 e. The Morgan fingerprint density at radius 3 is 2.66 bits per heavy atom. The number of nitrogens with zero attached hydrogens (tertiary/aromatic N) is 4. The van der Waals surface area contributed by atoms with Gasteiger partial charge in [-0.05, 0) is 49.3 Å². The zero-order valence-corrected chi connectivity index (χ0v) is 20.1. The zero-order valence-electron chi connectivity index (χ0n) is 20.1. The van der Waals surface area contributed by atoms with Crippen LogP contribution < -0.4 is 11.5 Å². The number of hydrogen-bond acceptors (Lipinski definition) is 7. The lowest BCUT2D eigenvalue weighted by Crippen LogP contribution is -2.44. The first-order chi connectivity index (χ1) is 16.9. The number of hydrogen-bond donors (Lipinski definition) is 1. The first-order valence-corrected chi connectivity index (χ1v) is 11.8. The largest absolute Gasteiger partial charge is 0.419 e. The Labute approximate surface area is 204 Å². The van der Waals surface area contributed by atoms with E-state index in [-0.39, 0.29) is 11.8 Å². The van der Waals surface area contributed by atoms with Crippen LogP contribution in [0.5, 0.6) is 0 Å². The highest BCUT2D eigenvalue weighted by Gasteiger charge is 2.28. The second-order valence-electron chi connectivity index (χ2n) is 9.16. The van der Waals surface area contributed by atoms with Gasteiger partial charge in [0.05, 0.1) is 11.6 Å². The Morgan fingerprint density at radius 2 is 1.97 bits per heavy atom. The van der Waals surface area contributed by atoms with Crippen molar-refractivity contribution < 1.29 is 13.9 Å². The molecule has 0 aliphatic carbocycles. The molecule has 4 rings (SSSR count). The standard InChI is InChI=1S/C26H31N5O4/c1-29(2)11-12-31-22-15-20(8-9-23(22)35-26(31)33)19-6-4-18(5-7-19)14-21(16-27)30-10-3-13-34-24(17-30)25(28)32/h4-9,15,21,24H,3,10-14,17H2,1-2H3,(H2,28,32)/t21-,24-/m0/s1. The summed E-state index contributed by atoms with van der Waals surface area (Å²) in [5, 5.41) is 9.81. The summed E-state index contributed by atoms with van der Waals surface area (Å²) in [6.45, 7) is 2.75. The van der Waals surface area contributed by atoms with E-state index in [0.29, 0.717) is 38.2 Å². The van der Waals surface area contributed by atoms with E-state index in [9.17, 15) is 14.9 Å². The van der Waals surface area contributed by atoms with Crippen molar-refractivity contribution in [2.75, 3.05) is 40.3 Å². The molecule has 9 nitrogen and oxygen atoms in total. The van der Waals surface area contributed by atoms with Crippen LogP contribution in [0.15, 0.2) is 51.7 Å². The maximum atomic E-state index is 12.3. The molecule has 0 radical (unpaired) electrons. The van der Waals surface area contributed by atoms with Gasteiger partial charge >= 0.3 is 5.76 Å². The minimum absolute atomic E-state index is 0.325. The molecule has 1 amide bonds. The van der Waals surface area contributed by atoms with Gasteiger partial charge in [0, 0.05) is 39.2 Å². The Balaban J connectivity index is 1.51. The normalized spacial score (nSPS) is 17.8. The molecule has 35 heavy (non-hydrogen) atoms. The van der Waals surface area contributed by atoms with Gasteiger partial charge in [0.2, 0.25) is 5.91 Å². The number of carbonyl (C=O) groups excluding carboxylic acids is 1. The number of aromatic nitrogens is 1. The van der Waals surface area contributed by atoms with Crippen LogP contribution in [0.25, 0.3) is 22.2 Å². The smallest absolute Gasteiger partial charge is 0.408 e. The van der Waals surface area contributed by atoms with Gasteiger partial charge in [0.15, 0.2) is 5.58 Å². The molecular weight excluding hydrogens is 446 g/mol. The predicted molar refractivity (Wildman–Crippen MR) is 133 cm³/mol. The van der Waals surface area contributed by atoms with Crippen LogP contribution in [0.4, 0.5) is 0 Å². The molecule has 184 valence electrons. The summed E-state index contributed by atoms with van der Waals surface area (Å²) in [5.41, 5.74) is 9.80. The second kappa shape index (κ2) is 10.9. The van der Waals surface area contributed by atoms with Crippen molar-refractivity contribution in [2.45, 2.75) is 31.5 Å². The SMILES string of the molecule is CN(C)CCn1c(=O)oc2ccc(-c3ccc(C[C@@H](C#N)N4CCCO[C@H](C(N)=O)C4)cc3)cc21. The highest BCUT2D eigenvalue weighted by atomic mass is 16.5. The van der Waals surface area contributed by atoms with Crippen LogP contribution in [-0.2, 0) is 22.5 Å². The zero-order chi connectivity index (χ0) is 24.9. The summed E-state index contributed by atoms with van der Waals surface area (Å²) in [6, 6.07) is 15.8. The highest BCUT2D eigenvalue weighted by Crippen LogP contribution is 2.25. The van der Waals surface area contributed by atoms with Gasteiger partial charge in [-0.2, -0.15) is 5.26 Å². The third-order valence-electron chi connectivity index (χ3n) is 6.37. The van der Waals surface area contributed by atoms with E-state index in [1.807, 2.05) is 66.4 Å². The number of nitriles is 1. The number of primary amides is 1. The maximum absolute atomic E-state index is 12.3. The Bertz CT molecular complexity index is 1270. The fourth-order valence-corrected chi connectivity index (χ4v) is 4.37. The van der Waals surface area contributed by atoms with Crippen molar-refractivity contribution in [3.63, 3.8) is 0 Å². The molecule has 1 fully saturated rings. The summed E-state index contributed by atoms with van der Waals surface area (Å²) < 4.78 is 12.6. The third-order valence-corrected chi connectivity index (χ3v) is 6.37. The number of benzene rings is 2. The average Bonchev–Trinajstić information content (AvgIpc) is 2.99. The van der Waals surface area contributed by atoms with Gasteiger partial charge in [0.25, 0.3) is 0 Å². The number of nitrogens with two attached hydrogens (primary N) is 1. The number of fused-ring (bicyclic) bond motifs is 1. The van der Waals surface area contributed by atoms with Crippen molar-refractivity contribution in [1.82, 2.24) is 14.4 Å². The molecule has 0 spiro atoms. The molecule has 3 aromatic rings. The Kier molecular flexibility index (Phi) is 7.66. The number of rotatable bonds is 8. The Morgan fingerprint density at radius 1 is 1.23 bits per heavy atom. The number of ether oxygens (including phenoxy) is 1. The van der Waals surface area contributed by atoms with Crippen molar-refractivity contribution in [3.8, 4) is 17.2 Å². The lowest BCUT2D eigenvalue weighted by molar-refractivity contribution is -0.129. The fourth-order valence-electron chi connectivity index (χ4n) is 4.37. The lowest BCUT2D eigenvalue weighted by atomic mass is 10.00. The monoisotopic (exact) mass is 477 g/mol. The molecule has 0 unspecified atom stereocenters. The molecule has 0 bridgehead atoms. The van der Waals surface area contributed by atoms with Crippen molar-refractivity contribution in [1.29, 1.82) is 5.26 Å². The molecule has 1 aromatic heterocycles. The number of likely N-dealkylation sites (N-methyl/N-ethyl adjacent to an activating group) is 1. The lowest BCUT2D eigenvalue weighted by Gasteiger charge is -2.27. The van der Waals surface area contributed by atoms with E-state index >= 15 is 0 Å². The van der Waals surface area contributed by atoms with Crippen molar-refractivity contribution in [3.05, 3.63) is 58.6 Å². The summed E-state index contributed by atoms with van der Waals surface area (Å²) in [6.07, 6.45) is 0.591. The topological polar surface area (TPSA) is 118 Å². The fraction of sp³-hybridized carbons (Fsp3) is 0.423. The number of carbonyl (C=O) groups is 1. The van der Waals surface area contributed by atoms with Gasteiger partial charge < -0.3 is 19.8 Å². The van der Waals surface area contributed by atoms with Crippen LogP contribution in [0.1, 0.15) is 12.0 Å². The minimum Gasteiger partial charge on any atom is -0.408 e. The van der Waals surface area contributed by atoms with E-state index in [0.717, 1.165) is 35.2 Å². The summed E-state index contributed by atoms with van der Waals surface area (Å²) in [7, 11) is 3.93. The average molecular weight is 478 g/mol. The molecule has 2 N–H and O–H groups in total. The van der Waals surface area contributed by atoms with Crippen LogP contribution in [0.3, 0.4) is 0 Å². The van der Waals surface area contributed by atoms with Gasteiger partial charge in [-0.25, -0.2) is 4.79 Å². The summed E-state index contributed by atoms with van der Waals surface area (Å²) in [4.78, 5) is 27.9. The van der Waals surface area contributed by atoms with E-state index < -0.39 is 12.0 Å². The van der Waals surface area contributed by atoms with E-state index in [1.54, 1.807) is 4.57 Å². The highest BCUT2D eigenvalue weighted by molar-refractivity contribution is 5.81. The summed E-state index contributed by atoms with van der Waals surface area (Å²) >= 11 is 0. The molecule has 2 aromatic carbocycles. The molecule has 1 aliphatic heterocycles. The van der Waals surface area contributed by atoms with Crippen LogP contribution in [0, 0.1) is 11.3 Å². The van der Waals surface area contributed by atoms with Gasteiger partial charge in [0.1, 0.15) is 12.1 Å². The minimum atomic E-state index is -0.691. The van der Waals surface area contributed by atoms with E-state index in [4.69, 9.17) is 14.9 Å². The van der Waals surface area contributed by atoms with E-state index in [2.05, 4.69) is 6.07 Å². The number of oxazole rings is 1. The molecule has 9 heteroatoms. The quantitative estimate of drug-likeness (QED) is 0.526. The molecule has 2 atom stereocenters. The number of amides is 1. The first kappa shape index (κ1) is 24.7. The third kappa shape index (κ3) is 5.80. The van der Waals surface area contributed by atoms with Gasteiger partial charge in [-0.15, -0.1) is 0 Å². The first-order valence-electron chi connectivity index (χ1n) is 11.8. The molecule has 0 saturated carbocycles. The van der Waals surface area contributed by atoms with Crippen LogP contribution in [-0.4, -0.2) is 72.8 Å². The summed E-state index contributed by atoms with van der Waals surface area (Å²) in [5.74, 6) is -0.853. The van der Waals surface area contributed by atoms with E-state index in [1.165, 1.54) is 0 Å². The second-order valence-corrected chi connectivity index (χ2v) is 9.16. The van der Waals surface area contributed by atoms with Gasteiger partial charge in [-0.3, -0.25) is 14.3 Å². The predicted octanol–water partition coefficient (Wildman–Crippen LogP) is 1.83.